The smallest absolute Gasteiger partial charge is 0.317 e. The molecule has 0 aliphatic rings. The molecule has 0 aromatic heterocycles. The summed E-state index contributed by atoms with van der Waals surface area (Å²) in [7, 11) is 0. The molecule has 57 valence electrons. The molecule has 0 atom stereocenters. The van der Waals surface area contributed by atoms with Gasteiger partial charge in [0.15, 0.2) is 0 Å². The van der Waals surface area contributed by atoms with E-state index in [4.69, 9.17) is 5.11 Å². The van der Waals surface area contributed by atoms with Crippen LogP contribution in [0.5, 0.6) is 0 Å². The maximum Gasteiger partial charge on any atom is 0.317 e. The van der Waals surface area contributed by atoms with Gasteiger partial charge in [0.1, 0.15) is 0 Å². The first-order valence-electron chi connectivity index (χ1n) is 1.19. The first-order chi connectivity index (χ1) is 2.27. The van der Waals surface area contributed by atoms with Crippen molar-refractivity contribution in [2.24, 2.45) is 5.73 Å². The minimum Gasteiger partial charge on any atom is -0.480 e. The summed E-state index contributed by atoms with van der Waals surface area (Å²) in [4.78, 5) is 9.24. The Hall–Kier alpha value is -0.131. The van der Waals surface area contributed by atoms with Crippen molar-refractivity contribution in [2.45, 2.75) is 0 Å². The van der Waals surface area contributed by atoms with E-state index in [2.05, 4.69) is 5.73 Å². The molecule has 0 saturated carbocycles. The molecule has 0 saturated heterocycles. The van der Waals surface area contributed by atoms with Crippen molar-refractivity contribution in [3.05, 3.63) is 0 Å². The molecular weight excluding hydrogens is 166 g/mol. The minimum atomic E-state index is -0.968. The van der Waals surface area contributed by atoms with Crippen LogP contribution in [0.15, 0.2) is 0 Å². The fourth-order valence-corrected chi connectivity index (χ4v) is 0. The number of hydrogen-bond acceptors (Lipinski definition) is 2. The Labute approximate surface area is 57.0 Å². The summed E-state index contributed by atoms with van der Waals surface area (Å²) in [5.41, 5.74) is 4.57. The molecule has 0 aromatic carbocycles. The van der Waals surface area contributed by atoms with Crippen LogP contribution in [0.25, 0.3) is 0 Å². The number of nitrogens with two attached hydrogens (primary N) is 1. The van der Waals surface area contributed by atoms with Gasteiger partial charge in [-0.05, 0) is 0 Å². The normalized spacial score (nSPS) is 4.62. The molecular formula is C2H9CuNO4. The van der Waals surface area contributed by atoms with Crippen LogP contribution in [0.1, 0.15) is 0 Å². The Balaban J connectivity index is -0.0000000267. The fraction of sp³-hybridized carbons (Fsp3) is 0.500. The van der Waals surface area contributed by atoms with E-state index >= 15 is 0 Å². The summed E-state index contributed by atoms with van der Waals surface area (Å²) < 4.78 is 0. The van der Waals surface area contributed by atoms with Crippen LogP contribution >= 0.6 is 0 Å². The first-order valence-corrected chi connectivity index (χ1v) is 1.19. The Morgan fingerprint density at radius 1 is 1.50 bits per heavy atom. The number of rotatable bonds is 1. The molecule has 0 spiro atoms. The monoisotopic (exact) mass is 174 g/mol. The van der Waals surface area contributed by atoms with Crippen LogP contribution in [-0.4, -0.2) is 28.6 Å². The van der Waals surface area contributed by atoms with Gasteiger partial charge in [-0.1, -0.05) is 0 Å². The minimum absolute atomic E-state index is 0. The fourth-order valence-electron chi connectivity index (χ4n) is 0. The quantitative estimate of drug-likeness (QED) is 0.423. The molecule has 5 nitrogen and oxygen atoms in total. The zero-order chi connectivity index (χ0) is 4.28. The summed E-state index contributed by atoms with van der Waals surface area (Å²) in [5, 5.41) is 7.60. The van der Waals surface area contributed by atoms with Gasteiger partial charge < -0.3 is 21.8 Å². The third-order valence-corrected chi connectivity index (χ3v) is 0.175. The van der Waals surface area contributed by atoms with E-state index in [9.17, 15) is 4.79 Å². The summed E-state index contributed by atoms with van der Waals surface area (Å²) in [6, 6.07) is 0. The van der Waals surface area contributed by atoms with Crippen molar-refractivity contribution in [1.82, 2.24) is 0 Å². The largest absolute Gasteiger partial charge is 0.480 e. The van der Waals surface area contributed by atoms with E-state index in [1.165, 1.54) is 0 Å². The van der Waals surface area contributed by atoms with E-state index < -0.39 is 5.97 Å². The van der Waals surface area contributed by atoms with Crippen molar-refractivity contribution in [1.29, 1.82) is 0 Å². The second kappa shape index (κ2) is 15.8. The van der Waals surface area contributed by atoms with Crippen molar-refractivity contribution >= 4 is 5.97 Å². The third-order valence-electron chi connectivity index (χ3n) is 0.175. The summed E-state index contributed by atoms with van der Waals surface area (Å²) >= 11 is 0. The van der Waals surface area contributed by atoms with Gasteiger partial charge in [-0.3, -0.25) is 4.79 Å². The van der Waals surface area contributed by atoms with Crippen LogP contribution in [0, 0.1) is 0 Å². The molecule has 8 heavy (non-hydrogen) atoms. The van der Waals surface area contributed by atoms with Gasteiger partial charge in [0.05, 0.1) is 6.54 Å². The number of aliphatic carboxylic acids is 1. The molecule has 0 heterocycles. The summed E-state index contributed by atoms with van der Waals surface area (Å²) in [6.07, 6.45) is 0. The van der Waals surface area contributed by atoms with Crippen LogP contribution in [0.2, 0.25) is 0 Å². The van der Waals surface area contributed by atoms with Crippen LogP contribution in [0.4, 0.5) is 0 Å². The first kappa shape index (κ1) is 24.8. The van der Waals surface area contributed by atoms with Crippen molar-refractivity contribution in [3.63, 3.8) is 0 Å². The summed E-state index contributed by atoms with van der Waals surface area (Å²) in [5.74, 6) is -0.968. The van der Waals surface area contributed by atoms with E-state index in [1.807, 2.05) is 0 Å². The molecule has 0 aliphatic heterocycles. The molecule has 0 aliphatic carbocycles. The predicted octanol–water partition coefficient (Wildman–Crippen LogP) is -2.62. The predicted molar refractivity (Wildman–Crippen MR) is 23.9 cm³/mol. The Morgan fingerprint density at radius 3 is 1.62 bits per heavy atom. The van der Waals surface area contributed by atoms with Gasteiger partial charge in [0, 0.05) is 17.1 Å². The molecule has 0 rings (SSSR count). The number of hydrogen-bond donors (Lipinski definition) is 2. The van der Waals surface area contributed by atoms with E-state index in [1.54, 1.807) is 0 Å². The van der Waals surface area contributed by atoms with Crippen molar-refractivity contribution in [3.8, 4) is 0 Å². The van der Waals surface area contributed by atoms with Crippen LogP contribution in [-0.2, 0) is 21.9 Å². The SMILES string of the molecule is NCC(=O)O.O.O.[Cu]. The molecule has 0 bridgehead atoms. The molecule has 6 heteroatoms. The van der Waals surface area contributed by atoms with Gasteiger partial charge in [-0.2, -0.15) is 0 Å². The zero-order valence-electron chi connectivity index (χ0n) is 3.94. The van der Waals surface area contributed by atoms with E-state index in [0.717, 1.165) is 0 Å². The average molecular weight is 175 g/mol. The maximum absolute atomic E-state index is 9.24. The molecule has 0 fully saturated rings. The second-order valence-corrected chi connectivity index (χ2v) is 0.598. The second-order valence-electron chi connectivity index (χ2n) is 0.598. The van der Waals surface area contributed by atoms with Gasteiger partial charge in [0.2, 0.25) is 0 Å². The molecule has 0 amide bonds. The van der Waals surface area contributed by atoms with Crippen molar-refractivity contribution in [2.75, 3.05) is 6.54 Å². The van der Waals surface area contributed by atoms with Crippen LogP contribution in [0.3, 0.4) is 0 Å². The number of carboxylic acids is 1. The van der Waals surface area contributed by atoms with Crippen LogP contribution < -0.4 is 5.73 Å². The third kappa shape index (κ3) is 39.8. The molecule has 0 unspecified atom stereocenters. The van der Waals surface area contributed by atoms with E-state index in [-0.39, 0.29) is 34.6 Å². The van der Waals surface area contributed by atoms with E-state index in [0.29, 0.717) is 0 Å². The number of carbonyl (C=O) groups is 1. The summed E-state index contributed by atoms with van der Waals surface area (Å²) in [6.45, 7) is -0.278. The Morgan fingerprint density at radius 2 is 1.62 bits per heavy atom. The Kier molecular flexibility index (Phi) is 49.0. The van der Waals surface area contributed by atoms with Gasteiger partial charge in [-0.25, -0.2) is 0 Å². The van der Waals surface area contributed by atoms with Gasteiger partial charge in [-0.15, -0.1) is 0 Å². The number of carboxylic acid groups (broad SMARTS) is 1. The molecule has 1 radical (unpaired) electrons. The zero-order valence-corrected chi connectivity index (χ0v) is 4.88. The standard InChI is InChI=1S/C2H5NO2.Cu.2H2O/c3-1-2(4)5;;;/h1,3H2,(H,4,5);;2*1H2. The van der Waals surface area contributed by atoms with Gasteiger partial charge in [0.25, 0.3) is 0 Å². The molecule has 7 N–H and O–H groups in total. The maximum atomic E-state index is 9.24. The van der Waals surface area contributed by atoms with Gasteiger partial charge >= 0.3 is 5.97 Å². The van der Waals surface area contributed by atoms with Crippen molar-refractivity contribution < 1.29 is 37.9 Å². The topological polar surface area (TPSA) is 126 Å². The Bertz CT molecular complexity index is 49.3. The molecule has 0 aromatic rings. The average Bonchev–Trinajstić information content (AvgIpc) is 1.38.